The number of nitrogens with zero attached hydrogens (tertiary/aromatic N) is 1. The molecule has 0 aliphatic heterocycles. The fraction of sp³-hybridized carbons (Fsp3) is 0.267. The molecule has 0 atom stereocenters. The summed E-state index contributed by atoms with van der Waals surface area (Å²) in [6.07, 6.45) is -0.281. The van der Waals surface area contributed by atoms with Gasteiger partial charge in [-0.3, -0.25) is 10.1 Å². The molecule has 0 aliphatic rings. The molecule has 7 heteroatoms. The molecular formula is C15H15NO6. The average molecular weight is 305 g/mol. The van der Waals surface area contributed by atoms with Gasteiger partial charge in [0, 0.05) is 0 Å². The van der Waals surface area contributed by atoms with Gasteiger partial charge in [-0.15, -0.1) is 0 Å². The molecule has 0 saturated carbocycles. The molecule has 22 heavy (non-hydrogen) atoms. The Labute approximate surface area is 126 Å². The van der Waals surface area contributed by atoms with Gasteiger partial charge in [-0.2, -0.15) is 0 Å². The largest absolute Gasteiger partial charge is 0.497 e. The number of ether oxygens (including phenoxy) is 2. The lowest BCUT2D eigenvalue weighted by Crippen LogP contribution is -2.10. The fourth-order valence-corrected chi connectivity index (χ4v) is 1.86. The quantitative estimate of drug-likeness (QED) is 0.477. The Morgan fingerprint density at radius 1 is 1.27 bits per heavy atom. The molecule has 1 aromatic carbocycles. The summed E-state index contributed by atoms with van der Waals surface area (Å²) in [5, 5.41) is 11.2. The van der Waals surface area contributed by atoms with E-state index in [2.05, 4.69) is 0 Å². The number of rotatable bonds is 5. The van der Waals surface area contributed by atoms with Gasteiger partial charge in [0.2, 0.25) is 5.76 Å². The second kappa shape index (κ2) is 6.30. The fourth-order valence-electron chi connectivity index (χ4n) is 1.86. The lowest BCUT2D eigenvalue weighted by molar-refractivity contribution is -0.384. The minimum absolute atomic E-state index is 0.00573. The van der Waals surface area contributed by atoms with Crippen molar-refractivity contribution in [3.8, 4) is 17.1 Å². The molecule has 0 unspecified atom stereocenters. The zero-order chi connectivity index (χ0) is 16.3. The number of hydrogen-bond donors (Lipinski definition) is 0. The van der Waals surface area contributed by atoms with E-state index in [0.717, 1.165) is 0 Å². The van der Waals surface area contributed by atoms with E-state index < -0.39 is 10.9 Å². The van der Waals surface area contributed by atoms with E-state index in [1.54, 1.807) is 19.9 Å². The van der Waals surface area contributed by atoms with Gasteiger partial charge in [0.15, 0.2) is 0 Å². The monoisotopic (exact) mass is 305 g/mol. The first-order valence-electron chi connectivity index (χ1n) is 6.56. The summed E-state index contributed by atoms with van der Waals surface area (Å²) in [5.41, 5.74) is 0.0897. The second-order valence-corrected chi connectivity index (χ2v) is 4.76. The molecule has 0 spiro atoms. The standard InChI is InChI=1S/C15H15NO6/c1-9(2)21-15(17)14-7-6-13(22-14)11-5-4-10(20-3)8-12(11)16(18)19/h4-9H,1-3H3. The highest BCUT2D eigenvalue weighted by Crippen LogP contribution is 2.34. The van der Waals surface area contributed by atoms with Crippen LogP contribution in [0.1, 0.15) is 24.4 Å². The topological polar surface area (TPSA) is 91.8 Å². The highest BCUT2D eigenvalue weighted by atomic mass is 16.6. The van der Waals surface area contributed by atoms with Gasteiger partial charge in [-0.25, -0.2) is 4.79 Å². The molecule has 2 aromatic rings. The Kier molecular flexibility index (Phi) is 4.45. The van der Waals surface area contributed by atoms with Crippen molar-refractivity contribution in [2.45, 2.75) is 20.0 Å². The van der Waals surface area contributed by atoms with Crippen LogP contribution >= 0.6 is 0 Å². The third-order valence-corrected chi connectivity index (χ3v) is 2.82. The average Bonchev–Trinajstić information content (AvgIpc) is 2.95. The van der Waals surface area contributed by atoms with E-state index in [4.69, 9.17) is 13.9 Å². The number of benzene rings is 1. The Bertz CT molecular complexity index is 704. The molecule has 116 valence electrons. The van der Waals surface area contributed by atoms with Crippen molar-refractivity contribution in [3.63, 3.8) is 0 Å². The van der Waals surface area contributed by atoms with Crippen LogP contribution in [-0.2, 0) is 4.74 Å². The highest BCUT2D eigenvalue weighted by Gasteiger charge is 2.21. The highest BCUT2D eigenvalue weighted by molar-refractivity contribution is 5.87. The number of carbonyl (C=O) groups is 1. The number of furan rings is 1. The van der Waals surface area contributed by atoms with E-state index in [-0.39, 0.29) is 28.9 Å². The van der Waals surface area contributed by atoms with E-state index in [1.807, 2.05) is 0 Å². The number of esters is 1. The zero-order valence-electron chi connectivity index (χ0n) is 12.4. The van der Waals surface area contributed by atoms with Gasteiger partial charge in [0.05, 0.1) is 29.8 Å². The molecular weight excluding hydrogens is 290 g/mol. The first-order chi connectivity index (χ1) is 10.4. The maximum Gasteiger partial charge on any atom is 0.374 e. The molecule has 0 bridgehead atoms. The summed E-state index contributed by atoms with van der Waals surface area (Å²) in [5.74, 6) is -0.0438. The lowest BCUT2D eigenvalue weighted by Gasteiger charge is -2.05. The first-order valence-corrected chi connectivity index (χ1v) is 6.56. The Morgan fingerprint density at radius 3 is 2.59 bits per heavy atom. The summed E-state index contributed by atoms with van der Waals surface area (Å²) in [6, 6.07) is 7.30. The number of methoxy groups -OCH3 is 1. The van der Waals surface area contributed by atoms with Gasteiger partial charge in [-0.1, -0.05) is 0 Å². The molecule has 2 rings (SSSR count). The van der Waals surface area contributed by atoms with Crippen molar-refractivity contribution in [2.24, 2.45) is 0 Å². The zero-order valence-corrected chi connectivity index (χ0v) is 12.4. The van der Waals surface area contributed by atoms with E-state index in [0.29, 0.717) is 5.75 Å². The predicted octanol–water partition coefficient (Wildman–Crippen LogP) is 3.43. The molecule has 0 N–H and O–H groups in total. The number of carbonyl (C=O) groups excluding carboxylic acids is 1. The predicted molar refractivity (Wildman–Crippen MR) is 77.9 cm³/mol. The van der Waals surface area contributed by atoms with Crippen molar-refractivity contribution in [1.29, 1.82) is 0 Å². The number of nitro benzene ring substituents is 1. The smallest absolute Gasteiger partial charge is 0.374 e. The van der Waals surface area contributed by atoms with Gasteiger partial charge < -0.3 is 13.9 Å². The van der Waals surface area contributed by atoms with Crippen LogP contribution in [0.15, 0.2) is 34.7 Å². The van der Waals surface area contributed by atoms with E-state index in [1.165, 1.54) is 31.4 Å². The lowest BCUT2D eigenvalue weighted by atomic mass is 10.1. The van der Waals surface area contributed by atoms with Crippen molar-refractivity contribution in [2.75, 3.05) is 7.11 Å². The molecule has 0 saturated heterocycles. The molecule has 7 nitrogen and oxygen atoms in total. The van der Waals surface area contributed by atoms with Crippen LogP contribution in [0.5, 0.6) is 5.75 Å². The minimum atomic E-state index is -0.614. The normalized spacial score (nSPS) is 10.5. The summed E-state index contributed by atoms with van der Waals surface area (Å²) >= 11 is 0. The van der Waals surface area contributed by atoms with Crippen molar-refractivity contribution in [3.05, 3.63) is 46.2 Å². The summed E-state index contributed by atoms with van der Waals surface area (Å²) in [6.45, 7) is 3.44. The number of nitro groups is 1. The molecule has 1 heterocycles. The van der Waals surface area contributed by atoms with Gasteiger partial charge in [0.1, 0.15) is 11.5 Å². The molecule has 0 aliphatic carbocycles. The Hall–Kier alpha value is -2.83. The minimum Gasteiger partial charge on any atom is -0.497 e. The van der Waals surface area contributed by atoms with E-state index >= 15 is 0 Å². The van der Waals surface area contributed by atoms with Gasteiger partial charge >= 0.3 is 5.97 Å². The summed E-state index contributed by atoms with van der Waals surface area (Å²) in [7, 11) is 1.42. The maximum atomic E-state index is 11.7. The maximum absolute atomic E-state index is 11.7. The van der Waals surface area contributed by atoms with Crippen LogP contribution in [0, 0.1) is 10.1 Å². The van der Waals surface area contributed by atoms with E-state index in [9.17, 15) is 14.9 Å². The molecule has 0 amide bonds. The van der Waals surface area contributed by atoms with Crippen molar-refractivity contribution >= 4 is 11.7 Å². The third kappa shape index (κ3) is 3.25. The Balaban J connectivity index is 2.39. The number of hydrogen-bond acceptors (Lipinski definition) is 6. The van der Waals surface area contributed by atoms with Crippen molar-refractivity contribution in [1.82, 2.24) is 0 Å². The van der Waals surface area contributed by atoms with Crippen LogP contribution in [-0.4, -0.2) is 24.1 Å². The summed E-state index contributed by atoms with van der Waals surface area (Å²) < 4.78 is 15.4. The Morgan fingerprint density at radius 2 is 2.00 bits per heavy atom. The SMILES string of the molecule is COc1ccc(-c2ccc(C(=O)OC(C)C)o2)c([N+](=O)[O-])c1. The summed E-state index contributed by atoms with van der Waals surface area (Å²) in [4.78, 5) is 22.4. The van der Waals surface area contributed by atoms with Crippen LogP contribution in [0.4, 0.5) is 5.69 Å². The van der Waals surface area contributed by atoms with Crippen LogP contribution in [0.2, 0.25) is 0 Å². The third-order valence-electron chi connectivity index (χ3n) is 2.82. The van der Waals surface area contributed by atoms with Crippen molar-refractivity contribution < 1.29 is 23.6 Å². The first kappa shape index (κ1) is 15.6. The molecule has 0 fully saturated rings. The molecule has 0 radical (unpaired) electrons. The van der Waals surface area contributed by atoms with Crippen LogP contribution in [0.25, 0.3) is 11.3 Å². The molecule has 1 aromatic heterocycles. The van der Waals surface area contributed by atoms with Crippen LogP contribution < -0.4 is 4.74 Å². The van der Waals surface area contributed by atoms with Gasteiger partial charge in [-0.05, 0) is 38.1 Å². The second-order valence-electron chi connectivity index (χ2n) is 4.76. The van der Waals surface area contributed by atoms with Gasteiger partial charge in [0.25, 0.3) is 5.69 Å². The van der Waals surface area contributed by atoms with Crippen LogP contribution in [0.3, 0.4) is 0 Å².